The van der Waals surface area contributed by atoms with Gasteiger partial charge in [0.15, 0.2) is 0 Å². The predicted molar refractivity (Wildman–Crippen MR) is 95.3 cm³/mol. The van der Waals surface area contributed by atoms with Crippen molar-refractivity contribution < 1.29 is 9.47 Å². The van der Waals surface area contributed by atoms with Crippen LogP contribution in [0.4, 0.5) is 0 Å². The van der Waals surface area contributed by atoms with Gasteiger partial charge in [0, 0.05) is 26.2 Å². The summed E-state index contributed by atoms with van der Waals surface area (Å²) in [7, 11) is 2.18. The Morgan fingerprint density at radius 3 is 2.78 bits per heavy atom. The lowest BCUT2D eigenvalue weighted by atomic mass is 10.1. The van der Waals surface area contributed by atoms with E-state index in [1.807, 2.05) is 0 Å². The lowest BCUT2D eigenvalue weighted by molar-refractivity contribution is 0.0815. The van der Waals surface area contributed by atoms with E-state index in [0.717, 1.165) is 58.0 Å². The minimum absolute atomic E-state index is 0.452. The molecule has 0 aliphatic carbocycles. The standard InChI is InChI=1S/C19H32N2O2/c1-3-14-22-18-8-6-17(7-9-18)10-11-20-12-13-21(2)16-19-5-4-15-23-19/h6-9,19-20H,3-5,10-16H2,1-2H3. The molecule has 4 nitrogen and oxygen atoms in total. The first kappa shape index (κ1) is 18.2. The Balaban J connectivity index is 1.52. The number of nitrogens with zero attached hydrogens (tertiary/aromatic N) is 1. The molecule has 1 aromatic carbocycles. The molecule has 130 valence electrons. The van der Waals surface area contributed by atoms with Gasteiger partial charge in [0.25, 0.3) is 0 Å². The minimum atomic E-state index is 0.452. The summed E-state index contributed by atoms with van der Waals surface area (Å²) in [4.78, 5) is 2.36. The number of benzene rings is 1. The number of likely N-dealkylation sites (N-methyl/N-ethyl adjacent to an activating group) is 1. The highest BCUT2D eigenvalue weighted by atomic mass is 16.5. The summed E-state index contributed by atoms with van der Waals surface area (Å²) >= 11 is 0. The third kappa shape index (κ3) is 7.34. The fourth-order valence-electron chi connectivity index (χ4n) is 2.83. The quantitative estimate of drug-likeness (QED) is 0.636. The largest absolute Gasteiger partial charge is 0.494 e. The molecule has 1 N–H and O–H groups in total. The zero-order chi connectivity index (χ0) is 16.3. The second-order valence-electron chi connectivity index (χ2n) is 6.39. The summed E-state index contributed by atoms with van der Waals surface area (Å²) in [5.41, 5.74) is 1.36. The Bertz CT molecular complexity index is 416. The van der Waals surface area contributed by atoms with E-state index in [0.29, 0.717) is 6.10 Å². The highest BCUT2D eigenvalue weighted by Gasteiger charge is 2.16. The van der Waals surface area contributed by atoms with E-state index in [1.165, 1.54) is 18.4 Å². The first-order valence-electron chi connectivity index (χ1n) is 9.00. The number of hydrogen-bond donors (Lipinski definition) is 1. The maximum atomic E-state index is 5.67. The van der Waals surface area contributed by atoms with Crippen LogP contribution in [-0.2, 0) is 11.2 Å². The molecule has 4 heteroatoms. The third-order valence-electron chi connectivity index (χ3n) is 4.20. The highest BCUT2D eigenvalue weighted by Crippen LogP contribution is 2.13. The summed E-state index contributed by atoms with van der Waals surface area (Å²) in [5, 5.41) is 3.52. The van der Waals surface area contributed by atoms with E-state index >= 15 is 0 Å². The van der Waals surface area contributed by atoms with Gasteiger partial charge in [-0.3, -0.25) is 0 Å². The fraction of sp³-hybridized carbons (Fsp3) is 0.684. The SMILES string of the molecule is CCCOc1ccc(CCNCCN(C)CC2CCCO2)cc1. The molecule has 1 heterocycles. The molecular weight excluding hydrogens is 288 g/mol. The van der Waals surface area contributed by atoms with Gasteiger partial charge in [0.1, 0.15) is 5.75 Å². The normalized spacial score (nSPS) is 17.8. The van der Waals surface area contributed by atoms with Crippen molar-refractivity contribution in [1.82, 2.24) is 10.2 Å². The van der Waals surface area contributed by atoms with Crippen LogP contribution in [0.15, 0.2) is 24.3 Å². The molecule has 0 saturated carbocycles. The molecule has 0 aromatic heterocycles. The molecule has 1 fully saturated rings. The Labute approximate surface area is 141 Å². The van der Waals surface area contributed by atoms with Crippen LogP contribution >= 0.6 is 0 Å². The molecule has 1 atom stereocenters. The topological polar surface area (TPSA) is 33.7 Å². The first-order valence-corrected chi connectivity index (χ1v) is 9.00. The Hall–Kier alpha value is -1.10. The average Bonchev–Trinajstić information content (AvgIpc) is 3.06. The molecule has 23 heavy (non-hydrogen) atoms. The number of nitrogens with one attached hydrogen (secondary N) is 1. The molecule has 1 aliphatic heterocycles. The van der Waals surface area contributed by atoms with Crippen molar-refractivity contribution in [2.75, 3.05) is 46.4 Å². The van der Waals surface area contributed by atoms with Gasteiger partial charge in [-0.25, -0.2) is 0 Å². The first-order chi connectivity index (χ1) is 11.3. The minimum Gasteiger partial charge on any atom is -0.494 e. The Kier molecular flexibility index (Phi) is 8.43. The molecule has 1 unspecified atom stereocenters. The van der Waals surface area contributed by atoms with E-state index in [1.54, 1.807) is 0 Å². The molecule has 0 amide bonds. The summed E-state index contributed by atoms with van der Waals surface area (Å²) in [6, 6.07) is 8.47. The molecule has 0 bridgehead atoms. The zero-order valence-corrected chi connectivity index (χ0v) is 14.7. The van der Waals surface area contributed by atoms with Crippen molar-refractivity contribution in [1.29, 1.82) is 0 Å². The van der Waals surface area contributed by atoms with Crippen LogP contribution < -0.4 is 10.1 Å². The van der Waals surface area contributed by atoms with Crippen molar-refractivity contribution >= 4 is 0 Å². The number of rotatable bonds is 11. The molecule has 0 spiro atoms. The Morgan fingerprint density at radius 2 is 2.09 bits per heavy atom. The van der Waals surface area contributed by atoms with Crippen molar-refractivity contribution in [3.63, 3.8) is 0 Å². The van der Waals surface area contributed by atoms with Crippen molar-refractivity contribution in [3.05, 3.63) is 29.8 Å². The van der Waals surface area contributed by atoms with Crippen LogP contribution in [-0.4, -0.2) is 57.4 Å². The second kappa shape index (κ2) is 10.6. The summed E-state index contributed by atoms with van der Waals surface area (Å²) < 4.78 is 11.3. The second-order valence-corrected chi connectivity index (χ2v) is 6.39. The van der Waals surface area contributed by atoms with Crippen LogP contribution in [0.1, 0.15) is 31.7 Å². The van der Waals surface area contributed by atoms with Crippen molar-refractivity contribution in [2.24, 2.45) is 0 Å². The highest BCUT2D eigenvalue weighted by molar-refractivity contribution is 5.27. The van der Waals surface area contributed by atoms with Gasteiger partial charge < -0.3 is 19.7 Å². The molecule has 0 radical (unpaired) electrons. The molecule has 2 rings (SSSR count). The van der Waals surface area contributed by atoms with Gasteiger partial charge >= 0.3 is 0 Å². The van der Waals surface area contributed by atoms with Crippen LogP contribution in [0.3, 0.4) is 0 Å². The Morgan fingerprint density at radius 1 is 1.26 bits per heavy atom. The maximum Gasteiger partial charge on any atom is 0.119 e. The monoisotopic (exact) mass is 320 g/mol. The van der Waals surface area contributed by atoms with E-state index in [4.69, 9.17) is 9.47 Å². The van der Waals surface area contributed by atoms with Crippen LogP contribution in [0.2, 0.25) is 0 Å². The fourth-order valence-corrected chi connectivity index (χ4v) is 2.83. The summed E-state index contributed by atoms with van der Waals surface area (Å²) in [6.07, 6.45) is 5.00. The number of ether oxygens (including phenoxy) is 2. The molecular formula is C19H32N2O2. The molecule has 1 aliphatic rings. The van der Waals surface area contributed by atoms with Gasteiger partial charge in [0.2, 0.25) is 0 Å². The van der Waals surface area contributed by atoms with Gasteiger partial charge in [0.05, 0.1) is 12.7 Å². The van der Waals surface area contributed by atoms with E-state index in [9.17, 15) is 0 Å². The van der Waals surface area contributed by atoms with Crippen LogP contribution in [0.25, 0.3) is 0 Å². The molecule has 1 saturated heterocycles. The zero-order valence-electron chi connectivity index (χ0n) is 14.7. The smallest absolute Gasteiger partial charge is 0.119 e. The van der Waals surface area contributed by atoms with Gasteiger partial charge in [-0.15, -0.1) is 0 Å². The van der Waals surface area contributed by atoms with E-state index in [2.05, 4.69) is 48.5 Å². The lowest BCUT2D eigenvalue weighted by Crippen LogP contribution is -2.35. The van der Waals surface area contributed by atoms with E-state index < -0.39 is 0 Å². The van der Waals surface area contributed by atoms with Crippen LogP contribution in [0, 0.1) is 0 Å². The lowest BCUT2D eigenvalue weighted by Gasteiger charge is -2.20. The summed E-state index contributed by atoms with van der Waals surface area (Å²) in [5.74, 6) is 0.972. The van der Waals surface area contributed by atoms with E-state index in [-0.39, 0.29) is 0 Å². The van der Waals surface area contributed by atoms with Gasteiger partial charge in [-0.2, -0.15) is 0 Å². The van der Waals surface area contributed by atoms with Gasteiger partial charge in [-0.05, 0) is 57.0 Å². The van der Waals surface area contributed by atoms with Crippen molar-refractivity contribution in [3.8, 4) is 5.75 Å². The van der Waals surface area contributed by atoms with Crippen molar-refractivity contribution in [2.45, 2.75) is 38.7 Å². The summed E-state index contributed by atoms with van der Waals surface area (Å²) in [6.45, 7) is 8.03. The number of hydrogen-bond acceptors (Lipinski definition) is 4. The van der Waals surface area contributed by atoms with Crippen LogP contribution in [0.5, 0.6) is 5.75 Å². The molecule has 1 aromatic rings. The van der Waals surface area contributed by atoms with Gasteiger partial charge in [-0.1, -0.05) is 19.1 Å². The maximum absolute atomic E-state index is 5.67. The third-order valence-corrected chi connectivity index (χ3v) is 4.20. The average molecular weight is 320 g/mol. The predicted octanol–water partition coefficient (Wildman–Crippen LogP) is 2.72.